The Hall–Kier alpha value is -2.12. The van der Waals surface area contributed by atoms with Crippen LogP contribution in [0, 0.1) is 29.1 Å². The molecule has 2 saturated carbocycles. The van der Waals surface area contributed by atoms with E-state index in [-0.39, 0.29) is 34.7 Å². The number of phenolic OH excluding ortho intramolecular Hbond substituents is 3. The van der Waals surface area contributed by atoms with Gasteiger partial charge in [-0.25, -0.2) is 0 Å². The molecule has 0 bridgehead atoms. The lowest BCUT2D eigenvalue weighted by atomic mass is 9.46. The van der Waals surface area contributed by atoms with Crippen molar-refractivity contribution in [1.82, 2.24) is 0 Å². The predicted molar refractivity (Wildman–Crippen MR) is 133 cm³/mol. The smallest absolute Gasteiger partial charge is 0.157 e. The monoisotopic (exact) mass is 490 g/mol. The zero-order valence-corrected chi connectivity index (χ0v) is 21.8. The van der Waals surface area contributed by atoms with E-state index >= 15 is 0 Å². The Labute approximate surface area is 208 Å². The van der Waals surface area contributed by atoms with E-state index in [0.717, 1.165) is 12.8 Å². The minimum atomic E-state index is -0.932. The molecule has 2 aliphatic carbocycles. The summed E-state index contributed by atoms with van der Waals surface area (Å²) < 4.78 is 0. The third kappa shape index (κ3) is 4.69. The van der Waals surface area contributed by atoms with Gasteiger partial charge in [-0.1, -0.05) is 20.8 Å². The summed E-state index contributed by atoms with van der Waals surface area (Å²) in [6.07, 6.45) is 4.53. The molecule has 0 amide bonds. The average Bonchev–Trinajstić information content (AvgIpc) is 2.72. The van der Waals surface area contributed by atoms with Gasteiger partial charge in [0.25, 0.3) is 0 Å². The fourth-order valence-electron chi connectivity index (χ4n) is 7.33. The number of aromatic hydroxyl groups is 3. The lowest BCUT2D eigenvalue weighted by molar-refractivity contribution is -0.171. The number of aliphatic hydroxyl groups is 2. The number of carbonyl (C=O) groups excluding carboxylic acids is 2. The lowest BCUT2D eigenvalue weighted by Crippen LogP contribution is -2.57. The topological polar surface area (TPSA) is 135 Å². The second-order valence-corrected chi connectivity index (χ2v) is 12.4. The third-order valence-corrected chi connectivity index (χ3v) is 9.25. The maximum absolute atomic E-state index is 11.7. The molecule has 0 saturated heterocycles. The number of fused-ring (bicyclic) bond motifs is 1. The third-order valence-electron chi connectivity index (χ3n) is 9.25. The number of phenols is 3. The molecule has 5 N–H and O–H groups in total. The summed E-state index contributed by atoms with van der Waals surface area (Å²) in [6, 6.07) is 0. The normalized spacial score (nSPS) is 32.2. The second kappa shape index (κ2) is 9.40. The van der Waals surface area contributed by atoms with Crippen LogP contribution in [0.5, 0.6) is 17.2 Å². The van der Waals surface area contributed by atoms with Crippen LogP contribution in [0.1, 0.15) is 112 Å². The molecule has 0 radical (unpaired) electrons. The summed E-state index contributed by atoms with van der Waals surface area (Å²) in [4.78, 5) is 23.5. The van der Waals surface area contributed by atoms with Crippen molar-refractivity contribution in [2.24, 2.45) is 29.1 Å². The van der Waals surface area contributed by atoms with E-state index < -0.39 is 45.5 Å². The number of carbonyl (C=O) groups is 2. The quantitative estimate of drug-likeness (QED) is 0.343. The Morgan fingerprint density at radius 2 is 1.51 bits per heavy atom. The van der Waals surface area contributed by atoms with E-state index in [1.54, 1.807) is 0 Å². The first kappa shape index (κ1) is 27.5. The Kier molecular flexibility index (Phi) is 7.37. The number of benzene rings is 1. The zero-order chi connectivity index (χ0) is 26.5. The van der Waals surface area contributed by atoms with Crippen molar-refractivity contribution in [1.29, 1.82) is 0 Å². The fourth-order valence-corrected chi connectivity index (χ4v) is 7.33. The first-order chi connectivity index (χ1) is 16.1. The minimum Gasteiger partial charge on any atom is -0.507 e. The molecule has 1 aromatic carbocycles. The number of rotatable bonds is 7. The molecular formula is C28H42O7. The Bertz CT molecular complexity index is 939. The fraction of sp³-hybridized carbons (Fsp3) is 0.714. The van der Waals surface area contributed by atoms with Crippen LogP contribution >= 0.6 is 0 Å². The van der Waals surface area contributed by atoms with Gasteiger partial charge in [-0.15, -0.1) is 0 Å². The molecule has 0 heterocycles. The van der Waals surface area contributed by atoms with Crippen molar-refractivity contribution in [2.45, 2.75) is 97.2 Å². The van der Waals surface area contributed by atoms with Crippen LogP contribution in [0.4, 0.5) is 0 Å². The Morgan fingerprint density at radius 1 is 0.971 bits per heavy atom. The Balaban J connectivity index is 2.20. The highest BCUT2D eigenvalue weighted by Gasteiger charge is 2.58. The van der Waals surface area contributed by atoms with Gasteiger partial charge in [0.1, 0.15) is 17.2 Å². The van der Waals surface area contributed by atoms with Gasteiger partial charge in [0.15, 0.2) is 12.6 Å². The lowest BCUT2D eigenvalue weighted by Gasteiger charge is -2.60. The van der Waals surface area contributed by atoms with Gasteiger partial charge in [0, 0.05) is 5.56 Å². The SMILES string of the molecule is CC(C)C[C@@H](c1c(O)c(C=O)c(O)c(C=O)c1O)[C@@H]1CC[C@@](C)(O)[C@@H]2C[C@H](C(C)(C)O)CC[C@]21C. The van der Waals surface area contributed by atoms with Crippen LogP contribution in [0.15, 0.2) is 0 Å². The van der Waals surface area contributed by atoms with Gasteiger partial charge >= 0.3 is 0 Å². The van der Waals surface area contributed by atoms with E-state index in [4.69, 9.17) is 0 Å². The van der Waals surface area contributed by atoms with E-state index in [9.17, 15) is 35.1 Å². The molecule has 1 aromatic rings. The molecule has 2 fully saturated rings. The van der Waals surface area contributed by atoms with Crippen LogP contribution in [-0.2, 0) is 0 Å². The molecule has 7 nitrogen and oxygen atoms in total. The Morgan fingerprint density at radius 3 is 1.97 bits per heavy atom. The van der Waals surface area contributed by atoms with Crippen molar-refractivity contribution < 1.29 is 35.1 Å². The first-order valence-corrected chi connectivity index (χ1v) is 12.8. The molecule has 2 aliphatic rings. The molecular weight excluding hydrogens is 448 g/mol. The molecule has 7 heteroatoms. The van der Waals surface area contributed by atoms with Crippen molar-refractivity contribution >= 4 is 12.6 Å². The summed E-state index contributed by atoms with van der Waals surface area (Å²) in [5.41, 5.74) is -2.85. The van der Waals surface area contributed by atoms with Crippen LogP contribution in [0.2, 0.25) is 0 Å². The van der Waals surface area contributed by atoms with Crippen molar-refractivity contribution in [3.05, 3.63) is 16.7 Å². The summed E-state index contributed by atoms with van der Waals surface area (Å²) in [5, 5.41) is 54.7. The highest BCUT2D eigenvalue weighted by atomic mass is 16.3. The van der Waals surface area contributed by atoms with Crippen molar-refractivity contribution in [3.8, 4) is 17.2 Å². The zero-order valence-electron chi connectivity index (χ0n) is 21.8. The van der Waals surface area contributed by atoms with E-state index in [2.05, 4.69) is 6.92 Å². The number of aldehydes is 2. The molecule has 0 unspecified atom stereocenters. The predicted octanol–water partition coefficient (Wildman–Crippen LogP) is 4.91. The van der Waals surface area contributed by atoms with Crippen molar-refractivity contribution in [3.63, 3.8) is 0 Å². The van der Waals surface area contributed by atoms with E-state index in [0.29, 0.717) is 38.3 Å². The summed E-state index contributed by atoms with van der Waals surface area (Å²) >= 11 is 0. The van der Waals surface area contributed by atoms with Crippen LogP contribution in [-0.4, -0.2) is 49.3 Å². The standard InChI is InChI=1S/C28H42O7/c1-15(2)11-17(22-24(32)18(13-29)23(31)19(14-30)25(22)33)20-8-10-28(6,35)21-12-16(26(3,4)34)7-9-27(20,21)5/h13-17,20-21,31-35H,7-12H2,1-6H3/t16-,17-,20+,21-,27+,28-/m1/s1. The van der Waals surface area contributed by atoms with Gasteiger partial charge in [0.05, 0.1) is 22.3 Å². The molecule has 3 rings (SSSR count). The molecule has 0 spiro atoms. The van der Waals surface area contributed by atoms with E-state index in [1.165, 1.54) is 0 Å². The highest BCUT2D eigenvalue weighted by molar-refractivity contribution is 5.95. The molecule has 0 aliphatic heterocycles. The van der Waals surface area contributed by atoms with Gasteiger partial charge in [0.2, 0.25) is 0 Å². The number of hydrogen-bond donors (Lipinski definition) is 5. The number of hydrogen-bond acceptors (Lipinski definition) is 7. The summed E-state index contributed by atoms with van der Waals surface area (Å²) in [6.45, 7) is 11.7. The molecule has 6 atom stereocenters. The maximum Gasteiger partial charge on any atom is 0.157 e. The van der Waals surface area contributed by atoms with Gasteiger partial charge in [-0.05, 0) is 94.3 Å². The maximum atomic E-state index is 11.7. The van der Waals surface area contributed by atoms with Crippen LogP contribution < -0.4 is 0 Å². The van der Waals surface area contributed by atoms with Gasteiger partial charge in [-0.3, -0.25) is 9.59 Å². The largest absolute Gasteiger partial charge is 0.507 e. The average molecular weight is 491 g/mol. The first-order valence-electron chi connectivity index (χ1n) is 12.8. The summed E-state index contributed by atoms with van der Waals surface area (Å²) in [7, 11) is 0. The van der Waals surface area contributed by atoms with Crippen LogP contribution in [0.25, 0.3) is 0 Å². The highest BCUT2D eigenvalue weighted by Crippen LogP contribution is 2.64. The van der Waals surface area contributed by atoms with E-state index in [1.807, 2.05) is 34.6 Å². The van der Waals surface area contributed by atoms with Crippen molar-refractivity contribution in [2.75, 3.05) is 0 Å². The van der Waals surface area contributed by atoms with Crippen LogP contribution in [0.3, 0.4) is 0 Å². The second-order valence-electron chi connectivity index (χ2n) is 12.4. The minimum absolute atomic E-state index is 0.0353. The van der Waals surface area contributed by atoms with Gasteiger partial charge < -0.3 is 25.5 Å². The summed E-state index contributed by atoms with van der Waals surface area (Å²) in [5.74, 6) is -2.10. The molecule has 196 valence electrons. The molecule has 0 aromatic heterocycles. The van der Waals surface area contributed by atoms with Gasteiger partial charge in [-0.2, -0.15) is 0 Å². The molecule has 35 heavy (non-hydrogen) atoms.